The molecule has 23 heavy (non-hydrogen) atoms. The van der Waals surface area contributed by atoms with Gasteiger partial charge in [-0.2, -0.15) is 0 Å². The molecular weight excluding hydrogens is 280 g/mol. The van der Waals surface area contributed by atoms with Crippen molar-refractivity contribution in [1.29, 1.82) is 0 Å². The molecule has 2 atom stereocenters. The van der Waals surface area contributed by atoms with Crippen molar-refractivity contribution < 1.29 is 0 Å². The zero-order valence-electron chi connectivity index (χ0n) is 15.0. The highest BCUT2D eigenvalue weighted by atomic mass is 14.9. The van der Waals surface area contributed by atoms with E-state index in [1.54, 1.807) is 5.57 Å². The van der Waals surface area contributed by atoms with Crippen LogP contribution < -0.4 is 10.6 Å². The van der Waals surface area contributed by atoms with Gasteiger partial charge in [0.25, 0.3) is 0 Å². The minimum Gasteiger partial charge on any atom is -0.359 e. The molecule has 0 aromatic heterocycles. The summed E-state index contributed by atoms with van der Waals surface area (Å²) in [5.41, 5.74) is 3.98. The molecule has 0 bridgehead atoms. The third-order valence-corrected chi connectivity index (χ3v) is 5.12. The lowest BCUT2D eigenvalue weighted by Crippen LogP contribution is -2.25. The van der Waals surface area contributed by atoms with Gasteiger partial charge in [0.1, 0.15) is 0 Å². The summed E-state index contributed by atoms with van der Waals surface area (Å²) in [4.78, 5) is 0. The lowest BCUT2D eigenvalue weighted by atomic mass is 9.89. The van der Waals surface area contributed by atoms with Gasteiger partial charge in [-0.1, -0.05) is 57.9 Å². The summed E-state index contributed by atoms with van der Waals surface area (Å²) < 4.78 is 0. The van der Waals surface area contributed by atoms with Crippen molar-refractivity contribution in [1.82, 2.24) is 10.6 Å². The van der Waals surface area contributed by atoms with Gasteiger partial charge in [-0.15, -0.1) is 0 Å². The zero-order chi connectivity index (χ0) is 16.5. The fourth-order valence-electron chi connectivity index (χ4n) is 3.54. The molecule has 0 aromatic carbocycles. The third-order valence-electron chi connectivity index (χ3n) is 5.12. The molecule has 2 heteroatoms. The summed E-state index contributed by atoms with van der Waals surface area (Å²) in [6, 6.07) is 0. The van der Waals surface area contributed by atoms with Crippen LogP contribution in [0.1, 0.15) is 58.8 Å². The Labute approximate surface area is 142 Å². The summed E-state index contributed by atoms with van der Waals surface area (Å²) in [5.74, 6) is 1.58. The van der Waals surface area contributed by atoms with Crippen molar-refractivity contribution in [3.63, 3.8) is 0 Å². The van der Waals surface area contributed by atoms with Crippen molar-refractivity contribution in [3.8, 4) is 0 Å². The highest BCUT2D eigenvalue weighted by Gasteiger charge is 2.15. The van der Waals surface area contributed by atoms with E-state index in [0.29, 0.717) is 0 Å². The van der Waals surface area contributed by atoms with E-state index >= 15 is 0 Å². The minimum absolute atomic E-state index is 0.786. The molecule has 2 heterocycles. The van der Waals surface area contributed by atoms with E-state index in [2.05, 4.69) is 55.4 Å². The van der Waals surface area contributed by atoms with E-state index in [9.17, 15) is 0 Å². The number of rotatable bonds is 1. The average Bonchev–Trinajstić information content (AvgIpc) is 2.60. The maximum absolute atomic E-state index is 4.16. The summed E-state index contributed by atoms with van der Waals surface area (Å²) in [6.07, 6.45) is 17.2. The first-order valence-corrected chi connectivity index (χ1v) is 9.39. The standard InChI is InChI=1S/C21H34N2/c1-4-19-11-8-9-17(2)16-22-14-13-20-12-7-5-6-10-18(3)23-21(20)15-19/h5-7,10,17,19,22-23H,3-4,8-9,11-16H2,1-2H3/b7-5-,10-6-,21-20+. The normalized spacial score (nSPS) is 33.7. The Morgan fingerprint density at radius 2 is 2.13 bits per heavy atom. The van der Waals surface area contributed by atoms with E-state index in [0.717, 1.165) is 43.5 Å². The molecule has 0 amide bonds. The molecule has 0 spiro atoms. The van der Waals surface area contributed by atoms with Crippen LogP contribution in [-0.4, -0.2) is 13.1 Å². The van der Waals surface area contributed by atoms with Crippen LogP contribution in [-0.2, 0) is 0 Å². The molecule has 0 aromatic rings. The summed E-state index contributed by atoms with van der Waals surface area (Å²) in [6.45, 7) is 11.1. The second-order valence-corrected chi connectivity index (χ2v) is 7.19. The smallest absolute Gasteiger partial charge is 0.0308 e. The lowest BCUT2D eigenvalue weighted by Gasteiger charge is -2.24. The number of hydrogen-bond acceptors (Lipinski definition) is 2. The van der Waals surface area contributed by atoms with Crippen LogP contribution in [0.4, 0.5) is 0 Å². The average molecular weight is 315 g/mol. The molecule has 2 unspecified atom stereocenters. The molecule has 0 aliphatic carbocycles. The van der Waals surface area contributed by atoms with E-state index in [1.165, 1.54) is 37.8 Å². The SMILES string of the molecule is C=C1/C=C\C=C/C/C2=C(/CC(CC)CCCC(C)CNCC2)N1. The van der Waals surface area contributed by atoms with Crippen LogP contribution in [0.3, 0.4) is 0 Å². The maximum atomic E-state index is 4.16. The molecule has 2 nitrogen and oxygen atoms in total. The highest BCUT2D eigenvalue weighted by Crippen LogP contribution is 2.27. The van der Waals surface area contributed by atoms with Crippen molar-refractivity contribution in [2.24, 2.45) is 11.8 Å². The molecule has 2 N–H and O–H groups in total. The maximum Gasteiger partial charge on any atom is 0.0308 e. The first kappa shape index (κ1) is 18.1. The van der Waals surface area contributed by atoms with Gasteiger partial charge in [0.05, 0.1) is 0 Å². The first-order chi connectivity index (χ1) is 11.2. The fraction of sp³-hybridized carbons (Fsp3) is 0.619. The Kier molecular flexibility index (Phi) is 7.67. The molecule has 2 rings (SSSR count). The summed E-state index contributed by atoms with van der Waals surface area (Å²) >= 11 is 0. The van der Waals surface area contributed by atoms with E-state index in [4.69, 9.17) is 0 Å². The predicted octanol–water partition coefficient (Wildman–Crippen LogP) is 5.08. The number of nitrogens with one attached hydrogen (secondary N) is 2. The molecule has 0 radical (unpaired) electrons. The molecule has 128 valence electrons. The topological polar surface area (TPSA) is 24.1 Å². The van der Waals surface area contributed by atoms with E-state index in [1.807, 2.05) is 0 Å². The van der Waals surface area contributed by atoms with Crippen molar-refractivity contribution in [2.75, 3.05) is 13.1 Å². The van der Waals surface area contributed by atoms with Gasteiger partial charge >= 0.3 is 0 Å². The van der Waals surface area contributed by atoms with Crippen molar-refractivity contribution in [2.45, 2.75) is 58.8 Å². The largest absolute Gasteiger partial charge is 0.359 e. The summed E-state index contributed by atoms with van der Waals surface area (Å²) in [5, 5.41) is 7.27. The summed E-state index contributed by atoms with van der Waals surface area (Å²) in [7, 11) is 0. The molecular formula is C21H34N2. The van der Waals surface area contributed by atoms with Crippen LogP contribution >= 0.6 is 0 Å². The third kappa shape index (κ3) is 6.39. The Balaban J connectivity index is 2.20. The van der Waals surface area contributed by atoms with Crippen LogP contribution in [0.2, 0.25) is 0 Å². The van der Waals surface area contributed by atoms with E-state index < -0.39 is 0 Å². The second kappa shape index (κ2) is 9.77. The van der Waals surface area contributed by atoms with Gasteiger partial charge in [0.2, 0.25) is 0 Å². The quantitative estimate of drug-likeness (QED) is 0.705. The van der Waals surface area contributed by atoms with Gasteiger partial charge in [-0.25, -0.2) is 0 Å². The molecule has 0 saturated carbocycles. The van der Waals surface area contributed by atoms with Gasteiger partial charge in [-0.05, 0) is 62.3 Å². The Bertz CT molecular complexity index is 470. The van der Waals surface area contributed by atoms with Gasteiger partial charge < -0.3 is 10.6 Å². The Morgan fingerprint density at radius 3 is 2.96 bits per heavy atom. The van der Waals surface area contributed by atoms with Crippen LogP contribution in [0.5, 0.6) is 0 Å². The zero-order valence-corrected chi connectivity index (χ0v) is 15.0. The van der Waals surface area contributed by atoms with Gasteiger partial charge in [0.15, 0.2) is 0 Å². The van der Waals surface area contributed by atoms with Crippen molar-refractivity contribution in [3.05, 3.63) is 47.9 Å². The Morgan fingerprint density at radius 1 is 1.26 bits per heavy atom. The number of allylic oxidation sites excluding steroid dienone is 5. The Hall–Kier alpha value is -1.28. The van der Waals surface area contributed by atoms with Crippen molar-refractivity contribution >= 4 is 0 Å². The van der Waals surface area contributed by atoms with Crippen LogP contribution in [0, 0.1) is 11.8 Å². The fourth-order valence-corrected chi connectivity index (χ4v) is 3.54. The second-order valence-electron chi connectivity index (χ2n) is 7.19. The highest BCUT2D eigenvalue weighted by molar-refractivity contribution is 5.28. The van der Waals surface area contributed by atoms with Crippen LogP contribution in [0.25, 0.3) is 0 Å². The molecule has 2 aliphatic rings. The van der Waals surface area contributed by atoms with Gasteiger partial charge in [0, 0.05) is 11.4 Å². The monoisotopic (exact) mass is 314 g/mol. The van der Waals surface area contributed by atoms with Crippen LogP contribution in [0.15, 0.2) is 47.9 Å². The minimum atomic E-state index is 0.786. The lowest BCUT2D eigenvalue weighted by molar-refractivity contribution is 0.390. The predicted molar refractivity (Wildman–Crippen MR) is 101 cm³/mol. The molecule has 0 fully saturated rings. The number of hydrogen-bond donors (Lipinski definition) is 2. The molecule has 2 aliphatic heterocycles. The molecule has 0 saturated heterocycles. The first-order valence-electron chi connectivity index (χ1n) is 9.39. The van der Waals surface area contributed by atoms with Gasteiger partial charge in [-0.3, -0.25) is 0 Å². The van der Waals surface area contributed by atoms with E-state index in [-0.39, 0.29) is 0 Å².